The number of ether oxygens (including phenoxy) is 2. The molecule has 4 nitrogen and oxygen atoms in total. The first kappa shape index (κ1) is 11.2. The van der Waals surface area contributed by atoms with Gasteiger partial charge in [0.1, 0.15) is 0 Å². The van der Waals surface area contributed by atoms with Crippen molar-refractivity contribution in [3.63, 3.8) is 0 Å². The van der Waals surface area contributed by atoms with Crippen LogP contribution in [-0.4, -0.2) is 33.4 Å². The molecule has 1 aliphatic heterocycles. The van der Waals surface area contributed by atoms with E-state index in [0.717, 1.165) is 37.6 Å². The monoisotopic (exact) mass is 222 g/mol. The van der Waals surface area contributed by atoms with Crippen molar-refractivity contribution in [2.75, 3.05) is 44.0 Å². The Morgan fingerprint density at radius 2 is 2.12 bits per heavy atom. The summed E-state index contributed by atoms with van der Waals surface area (Å²) in [5.74, 6) is 0. The lowest BCUT2D eigenvalue weighted by Crippen LogP contribution is -2.36. The molecular weight excluding hydrogens is 204 g/mol. The highest BCUT2D eigenvalue weighted by atomic mass is 16.5. The van der Waals surface area contributed by atoms with E-state index < -0.39 is 0 Å². The Balaban J connectivity index is 2.17. The number of methoxy groups -OCH3 is 1. The van der Waals surface area contributed by atoms with Gasteiger partial charge in [-0.05, 0) is 18.2 Å². The fraction of sp³-hybridized carbons (Fsp3) is 0.500. The Hall–Kier alpha value is -1.26. The van der Waals surface area contributed by atoms with Gasteiger partial charge in [-0.2, -0.15) is 0 Å². The van der Waals surface area contributed by atoms with E-state index in [1.807, 2.05) is 6.07 Å². The van der Waals surface area contributed by atoms with Crippen molar-refractivity contribution >= 4 is 11.4 Å². The van der Waals surface area contributed by atoms with E-state index in [1.165, 1.54) is 5.69 Å². The Bertz CT molecular complexity index is 349. The molecule has 16 heavy (non-hydrogen) atoms. The predicted octanol–water partition coefficient (Wildman–Crippen LogP) is 1.25. The van der Waals surface area contributed by atoms with Crippen LogP contribution in [0.4, 0.5) is 11.4 Å². The van der Waals surface area contributed by atoms with Crippen LogP contribution in [0.3, 0.4) is 0 Å². The second-order valence-corrected chi connectivity index (χ2v) is 3.92. The standard InChI is InChI=1S/C12H18N2O2/c1-15-9-10-8-11(2-3-12(10)13)14-4-6-16-7-5-14/h2-3,8H,4-7,9,13H2,1H3. The largest absolute Gasteiger partial charge is 0.398 e. The SMILES string of the molecule is COCc1cc(N2CCOCC2)ccc1N. The third-order valence-corrected chi connectivity index (χ3v) is 2.80. The summed E-state index contributed by atoms with van der Waals surface area (Å²) < 4.78 is 10.5. The molecule has 1 aromatic rings. The maximum Gasteiger partial charge on any atom is 0.0733 e. The number of benzene rings is 1. The topological polar surface area (TPSA) is 47.7 Å². The van der Waals surface area contributed by atoms with Gasteiger partial charge in [0.05, 0.1) is 19.8 Å². The summed E-state index contributed by atoms with van der Waals surface area (Å²) in [5.41, 5.74) is 8.92. The molecule has 0 unspecified atom stereocenters. The molecule has 2 N–H and O–H groups in total. The second-order valence-electron chi connectivity index (χ2n) is 3.92. The zero-order valence-electron chi connectivity index (χ0n) is 9.61. The van der Waals surface area contributed by atoms with Crippen LogP contribution in [0.2, 0.25) is 0 Å². The van der Waals surface area contributed by atoms with Gasteiger partial charge < -0.3 is 20.1 Å². The van der Waals surface area contributed by atoms with E-state index in [0.29, 0.717) is 6.61 Å². The Morgan fingerprint density at radius 1 is 1.38 bits per heavy atom. The maximum absolute atomic E-state index is 5.88. The summed E-state index contributed by atoms with van der Waals surface area (Å²) in [6.45, 7) is 4.03. The molecular formula is C12H18N2O2. The second kappa shape index (κ2) is 5.18. The van der Waals surface area contributed by atoms with Crippen LogP contribution in [0.5, 0.6) is 0 Å². The van der Waals surface area contributed by atoms with E-state index in [1.54, 1.807) is 7.11 Å². The van der Waals surface area contributed by atoms with Crippen LogP contribution in [0.1, 0.15) is 5.56 Å². The van der Waals surface area contributed by atoms with Crippen molar-refractivity contribution in [3.05, 3.63) is 23.8 Å². The van der Waals surface area contributed by atoms with Gasteiger partial charge in [0.25, 0.3) is 0 Å². The van der Waals surface area contributed by atoms with Gasteiger partial charge in [0, 0.05) is 37.1 Å². The first-order valence-electron chi connectivity index (χ1n) is 5.51. The molecule has 0 radical (unpaired) electrons. The summed E-state index contributed by atoms with van der Waals surface area (Å²) in [5, 5.41) is 0. The number of hydrogen-bond donors (Lipinski definition) is 1. The number of hydrogen-bond acceptors (Lipinski definition) is 4. The van der Waals surface area contributed by atoms with E-state index in [-0.39, 0.29) is 0 Å². The van der Waals surface area contributed by atoms with Crippen molar-refractivity contribution in [1.82, 2.24) is 0 Å². The van der Waals surface area contributed by atoms with E-state index in [2.05, 4.69) is 17.0 Å². The zero-order chi connectivity index (χ0) is 11.4. The molecule has 0 atom stereocenters. The summed E-state index contributed by atoms with van der Waals surface area (Å²) >= 11 is 0. The lowest BCUT2D eigenvalue weighted by molar-refractivity contribution is 0.122. The van der Waals surface area contributed by atoms with Gasteiger partial charge in [-0.15, -0.1) is 0 Å². The lowest BCUT2D eigenvalue weighted by atomic mass is 10.1. The molecule has 4 heteroatoms. The molecule has 0 amide bonds. The molecule has 1 heterocycles. The number of rotatable bonds is 3. The summed E-state index contributed by atoms with van der Waals surface area (Å²) in [4.78, 5) is 2.31. The average molecular weight is 222 g/mol. The van der Waals surface area contributed by atoms with Crippen molar-refractivity contribution < 1.29 is 9.47 Å². The van der Waals surface area contributed by atoms with Crippen LogP contribution in [0.25, 0.3) is 0 Å². The first-order valence-corrected chi connectivity index (χ1v) is 5.51. The van der Waals surface area contributed by atoms with Crippen LogP contribution in [-0.2, 0) is 16.1 Å². The molecule has 88 valence electrons. The quantitative estimate of drug-likeness (QED) is 0.782. The maximum atomic E-state index is 5.88. The fourth-order valence-electron chi connectivity index (χ4n) is 1.89. The van der Waals surface area contributed by atoms with Gasteiger partial charge in [-0.25, -0.2) is 0 Å². The van der Waals surface area contributed by atoms with Gasteiger partial charge in [-0.1, -0.05) is 0 Å². The summed E-state index contributed by atoms with van der Waals surface area (Å²) in [6.07, 6.45) is 0. The van der Waals surface area contributed by atoms with E-state index in [9.17, 15) is 0 Å². The molecule has 1 aromatic carbocycles. The van der Waals surface area contributed by atoms with Crippen LogP contribution in [0, 0.1) is 0 Å². The van der Waals surface area contributed by atoms with Crippen LogP contribution >= 0.6 is 0 Å². The highest BCUT2D eigenvalue weighted by Gasteiger charge is 2.12. The minimum atomic E-state index is 0.560. The molecule has 1 saturated heterocycles. The predicted molar refractivity (Wildman–Crippen MR) is 64.6 cm³/mol. The third-order valence-electron chi connectivity index (χ3n) is 2.80. The summed E-state index contributed by atoms with van der Waals surface area (Å²) in [7, 11) is 1.68. The minimum Gasteiger partial charge on any atom is -0.398 e. The number of nitrogens with zero attached hydrogens (tertiary/aromatic N) is 1. The molecule has 0 aromatic heterocycles. The van der Waals surface area contributed by atoms with Gasteiger partial charge in [0.15, 0.2) is 0 Å². The van der Waals surface area contributed by atoms with Crippen molar-refractivity contribution in [2.45, 2.75) is 6.61 Å². The molecule has 0 bridgehead atoms. The highest BCUT2D eigenvalue weighted by Crippen LogP contribution is 2.22. The normalized spacial score (nSPS) is 16.4. The van der Waals surface area contributed by atoms with Crippen molar-refractivity contribution in [3.8, 4) is 0 Å². The molecule has 0 saturated carbocycles. The van der Waals surface area contributed by atoms with Gasteiger partial charge in [0.2, 0.25) is 0 Å². The number of anilines is 2. The van der Waals surface area contributed by atoms with Crippen molar-refractivity contribution in [2.24, 2.45) is 0 Å². The minimum absolute atomic E-state index is 0.560. The Kier molecular flexibility index (Phi) is 3.64. The van der Waals surface area contributed by atoms with E-state index >= 15 is 0 Å². The first-order chi connectivity index (χ1) is 7.81. The third kappa shape index (κ3) is 2.46. The van der Waals surface area contributed by atoms with Gasteiger partial charge in [-0.3, -0.25) is 0 Å². The highest BCUT2D eigenvalue weighted by molar-refractivity contribution is 5.58. The Morgan fingerprint density at radius 3 is 2.81 bits per heavy atom. The number of morpholine rings is 1. The number of nitrogen functional groups attached to an aromatic ring is 1. The van der Waals surface area contributed by atoms with E-state index in [4.69, 9.17) is 15.2 Å². The molecule has 0 spiro atoms. The molecule has 2 rings (SSSR count). The van der Waals surface area contributed by atoms with Crippen LogP contribution in [0.15, 0.2) is 18.2 Å². The van der Waals surface area contributed by atoms with Crippen LogP contribution < -0.4 is 10.6 Å². The lowest BCUT2D eigenvalue weighted by Gasteiger charge is -2.29. The molecule has 1 aliphatic rings. The summed E-state index contributed by atoms with van der Waals surface area (Å²) in [6, 6.07) is 6.10. The van der Waals surface area contributed by atoms with Gasteiger partial charge >= 0.3 is 0 Å². The Labute approximate surface area is 95.9 Å². The van der Waals surface area contributed by atoms with Crippen molar-refractivity contribution in [1.29, 1.82) is 0 Å². The fourth-order valence-corrected chi connectivity index (χ4v) is 1.89. The average Bonchev–Trinajstić information content (AvgIpc) is 2.33. The molecule has 0 aliphatic carbocycles. The number of nitrogens with two attached hydrogens (primary N) is 1. The zero-order valence-corrected chi connectivity index (χ0v) is 9.61. The smallest absolute Gasteiger partial charge is 0.0733 e. The molecule has 1 fully saturated rings.